The Morgan fingerprint density at radius 1 is 1.25 bits per heavy atom. The third-order valence-corrected chi connectivity index (χ3v) is 4.72. The first-order valence-corrected chi connectivity index (χ1v) is 9.30. The summed E-state index contributed by atoms with van der Waals surface area (Å²) < 4.78 is 10.9. The Kier molecular flexibility index (Phi) is 6.23. The Morgan fingerprint density at radius 2 is 2.00 bits per heavy atom. The van der Waals surface area contributed by atoms with Gasteiger partial charge in [-0.2, -0.15) is 0 Å². The number of carbonyl (C=O) groups is 2. The van der Waals surface area contributed by atoms with Crippen molar-refractivity contribution in [3.8, 4) is 11.5 Å². The number of methoxy groups -OCH3 is 1. The second-order valence-corrected chi connectivity index (χ2v) is 7.14. The number of amides is 2. The highest BCUT2D eigenvalue weighted by atomic mass is 35.5. The van der Waals surface area contributed by atoms with Crippen LogP contribution in [-0.2, 0) is 9.59 Å². The van der Waals surface area contributed by atoms with Gasteiger partial charge in [0, 0.05) is 10.7 Å². The van der Waals surface area contributed by atoms with Gasteiger partial charge in [-0.05, 0) is 59.8 Å². The van der Waals surface area contributed by atoms with Crippen LogP contribution < -0.4 is 20.1 Å². The van der Waals surface area contributed by atoms with Gasteiger partial charge in [0.05, 0.1) is 12.0 Å². The maximum atomic E-state index is 12.0. The fourth-order valence-corrected chi connectivity index (χ4v) is 3.19. The number of benzene rings is 2. The van der Waals surface area contributed by atoms with Crippen LogP contribution in [0.3, 0.4) is 0 Å². The van der Waals surface area contributed by atoms with Crippen molar-refractivity contribution in [2.45, 2.75) is 0 Å². The Balaban J connectivity index is 1.64. The summed E-state index contributed by atoms with van der Waals surface area (Å²) >= 11 is 6.87. The van der Waals surface area contributed by atoms with Crippen molar-refractivity contribution in [1.82, 2.24) is 5.32 Å². The summed E-state index contributed by atoms with van der Waals surface area (Å²) in [6.45, 7) is -0.200. The Labute approximate surface area is 170 Å². The van der Waals surface area contributed by atoms with Gasteiger partial charge in [-0.25, -0.2) is 0 Å². The first kappa shape index (κ1) is 19.8. The molecule has 2 aromatic rings. The number of amidine groups is 1. The first-order chi connectivity index (χ1) is 13.4. The van der Waals surface area contributed by atoms with Crippen molar-refractivity contribution in [1.29, 1.82) is 5.41 Å². The van der Waals surface area contributed by atoms with Crippen molar-refractivity contribution in [2.24, 2.45) is 0 Å². The van der Waals surface area contributed by atoms with Gasteiger partial charge >= 0.3 is 0 Å². The highest BCUT2D eigenvalue weighted by Gasteiger charge is 2.22. The summed E-state index contributed by atoms with van der Waals surface area (Å²) in [6, 6.07) is 11.8. The number of anilines is 1. The van der Waals surface area contributed by atoms with Crippen LogP contribution in [0.1, 0.15) is 5.56 Å². The molecular weight excluding hydrogens is 402 g/mol. The predicted octanol–water partition coefficient (Wildman–Crippen LogP) is 3.50. The van der Waals surface area contributed by atoms with E-state index in [4.69, 9.17) is 26.5 Å². The fourth-order valence-electron chi connectivity index (χ4n) is 2.36. The molecule has 1 aliphatic rings. The molecule has 7 nitrogen and oxygen atoms in total. The van der Waals surface area contributed by atoms with Crippen LogP contribution in [0.25, 0.3) is 6.08 Å². The zero-order valence-corrected chi connectivity index (χ0v) is 16.3. The molecular formula is C19H16ClN3O4S. The normalized spacial score (nSPS) is 14.7. The maximum absolute atomic E-state index is 12.0. The van der Waals surface area contributed by atoms with E-state index < -0.39 is 0 Å². The molecule has 0 bridgehead atoms. The summed E-state index contributed by atoms with van der Waals surface area (Å²) in [4.78, 5) is 24.2. The van der Waals surface area contributed by atoms with Gasteiger partial charge in [-0.1, -0.05) is 17.7 Å². The Morgan fingerprint density at radius 3 is 2.64 bits per heavy atom. The molecule has 1 fully saturated rings. The van der Waals surface area contributed by atoms with Gasteiger partial charge in [0.1, 0.15) is 0 Å². The first-order valence-electron chi connectivity index (χ1n) is 8.10. The number of thioether (sulfide) groups is 1. The van der Waals surface area contributed by atoms with E-state index in [2.05, 4.69) is 10.6 Å². The molecule has 0 radical (unpaired) electrons. The van der Waals surface area contributed by atoms with Gasteiger partial charge in [-0.3, -0.25) is 15.0 Å². The van der Waals surface area contributed by atoms with Crippen molar-refractivity contribution in [3.05, 3.63) is 58.0 Å². The molecule has 0 aromatic heterocycles. The maximum Gasteiger partial charge on any atom is 0.264 e. The lowest BCUT2D eigenvalue weighted by atomic mass is 10.2. The van der Waals surface area contributed by atoms with Gasteiger partial charge < -0.3 is 20.1 Å². The SMILES string of the molecule is COc1cc(/C=C2/SC(=N)NC2=O)ccc1OCC(=O)Nc1ccc(Cl)cc1. The topological polar surface area (TPSA) is 101 Å². The standard InChI is InChI=1S/C19H16ClN3O4S/c1-26-15-8-11(9-16-18(25)23-19(21)28-16)2-7-14(15)27-10-17(24)22-13-5-3-12(20)4-6-13/h2-9H,10H2,1H3,(H,22,24)(H2,21,23,25)/b16-9+. The molecule has 0 unspecified atom stereocenters. The zero-order chi connectivity index (χ0) is 20.1. The molecule has 2 amide bonds. The lowest BCUT2D eigenvalue weighted by Crippen LogP contribution is -2.20. The summed E-state index contributed by atoms with van der Waals surface area (Å²) in [5.41, 5.74) is 1.33. The summed E-state index contributed by atoms with van der Waals surface area (Å²) in [5.74, 6) is 0.181. The second-order valence-electron chi connectivity index (χ2n) is 5.65. The van der Waals surface area contributed by atoms with Gasteiger partial charge in [-0.15, -0.1) is 0 Å². The van der Waals surface area contributed by atoms with Gasteiger partial charge in [0.2, 0.25) is 0 Å². The van der Waals surface area contributed by atoms with Crippen LogP contribution in [0, 0.1) is 5.41 Å². The summed E-state index contributed by atoms with van der Waals surface area (Å²) in [5, 5.41) is 13.3. The van der Waals surface area contributed by atoms with Crippen LogP contribution in [0.4, 0.5) is 5.69 Å². The highest BCUT2D eigenvalue weighted by Crippen LogP contribution is 2.31. The van der Waals surface area contributed by atoms with E-state index in [1.54, 1.807) is 48.5 Å². The second kappa shape index (κ2) is 8.81. The Bertz CT molecular complexity index is 960. The molecule has 3 rings (SSSR count). The number of carbonyl (C=O) groups excluding carboxylic acids is 2. The summed E-state index contributed by atoms with van der Waals surface area (Å²) in [7, 11) is 1.49. The van der Waals surface area contributed by atoms with Crippen LogP contribution >= 0.6 is 23.4 Å². The molecule has 28 heavy (non-hydrogen) atoms. The minimum Gasteiger partial charge on any atom is -0.493 e. The van der Waals surface area contributed by atoms with Crippen LogP contribution in [0.15, 0.2) is 47.4 Å². The number of halogens is 1. The molecule has 2 aromatic carbocycles. The van der Waals surface area contributed by atoms with Crippen molar-refractivity contribution in [2.75, 3.05) is 19.0 Å². The molecule has 9 heteroatoms. The number of hydrogen-bond acceptors (Lipinski definition) is 6. The molecule has 0 saturated carbocycles. The van der Waals surface area contributed by atoms with Gasteiger partial charge in [0.15, 0.2) is 23.3 Å². The van der Waals surface area contributed by atoms with Crippen molar-refractivity contribution >= 4 is 52.1 Å². The molecule has 0 aliphatic carbocycles. The Hall–Kier alpha value is -2.97. The third-order valence-electron chi connectivity index (χ3n) is 3.64. The molecule has 0 atom stereocenters. The molecule has 0 spiro atoms. The smallest absolute Gasteiger partial charge is 0.264 e. The van der Waals surface area contributed by atoms with Crippen LogP contribution in [-0.4, -0.2) is 30.7 Å². The molecule has 3 N–H and O–H groups in total. The molecule has 1 aliphatic heterocycles. The molecule has 1 heterocycles. The molecule has 1 saturated heterocycles. The zero-order valence-electron chi connectivity index (χ0n) is 14.7. The van der Waals surface area contributed by atoms with Crippen molar-refractivity contribution < 1.29 is 19.1 Å². The quantitative estimate of drug-likeness (QED) is 0.624. The average Bonchev–Trinajstić information content (AvgIpc) is 2.99. The predicted molar refractivity (Wildman–Crippen MR) is 110 cm³/mol. The third kappa shape index (κ3) is 5.05. The van der Waals surface area contributed by atoms with E-state index in [9.17, 15) is 9.59 Å². The van der Waals surface area contributed by atoms with Gasteiger partial charge in [0.25, 0.3) is 11.8 Å². The van der Waals surface area contributed by atoms with E-state index in [0.717, 1.165) is 11.8 Å². The fraction of sp³-hybridized carbons (Fsp3) is 0.105. The minimum absolute atomic E-state index is 0.0925. The number of hydrogen-bond donors (Lipinski definition) is 3. The minimum atomic E-state index is -0.326. The number of rotatable bonds is 6. The number of ether oxygens (including phenoxy) is 2. The largest absolute Gasteiger partial charge is 0.493 e. The van der Waals surface area contributed by atoms with E-state index in [0.29, 0.717) is 32.7 Å². The van der Waals surface area contributed by atoms with E-state index in [1.165, 1.54) is 7.11 Å². The van der Waals surface area contributed by atoms with Crippen LogP contribution in [0.5, 0.6) is 11.5 Å². The number of nitrogens with one attached hydrogen (secondary N) is 3. The average molecular weight is 418 g/mol. The van der Waals surface area contributed by atoms with E-state index in [1.807, 2.05) is 0 Å². The highest BCUT2D eigenvalue weighted by molar-refractivity contribution is 8.18. The lowest BCUT2D eigenvalue weighted by Gasteiger charge is -2.11. The van der Waals surface area contributed by atoms with Crippen molar-refractivity contribution in [3.63, 3.8) is 0 Å². The summed E-state index contributed by atoms with van der Waals surface area (Å²) in [6.07, 6.45) is 1.65. The van der Waals surface area contributed by atoms with E-state index >= 15 is 0 Å². The monoisotopic (exact) mass is 417 g/mol. The molecule has 144 valence electrons. The van der Waals surface area contributed by atoms with Crippen LogP contribution in [0.2, 0.25) is 5.02 Å². The lowest BCUT2D eigenvalue weighted by molar-refractivity contribution is -0.118. The van der Waals surface area contributed by atoms with E-state index in [-0.39, 0.29) is 23.6 Å².